The molecule has 0 saturated heterocycles. The highest BCUT2D eigenvalue weighted by Gasteiger charge is 2.20. The van der Waals surface area contributed by atoms with E-state index in [-0.39, 0.29) is 0 Å². The van der Waals surface area contributed by atoms with E-state index in [1.165, 1.54) is 38.5 Å². The van der Waals surface area contributed by atoms with Gasteiger partial charge in [0.05, 0.1) is 0 Å². The van der Waals surface area contributed by atoms with Crippen molar-refractivity contribution in [2.75, 3.05) is 0 Å². The van der Waals surface area contributed by atoms with Crippen LogP contribution in [0.3, 0.4) is 0 Å². The summed E-state index contributed by atoms with van der Waals surface area (Å²) >= 11 is 0. The molecule has 64 valence electrons. The number of allylic oxidation sites excluding steroid dienone is 1. The molecular formula is C11H20. The Morgan fingerprint density at radius 2 is 2.09 bits per heavy atom. The average molecular weight is 152 g/mol. The minimum absolute atomic E-state index is 0.940. The summed E-state index contributed by atoms with van der Waals surface area (Å²) in [4.78, 5) is 0. The maximum Gasteiger partial charge on any atom is -0.0351 e. The standard InChI is InChI=1S/C11H20/c1-3-4-7-10(2)11-8-5-6-9-11/h3,10-11H,1,4-9H2,2H3. The van der Waals surface area contributed by atoms with E-state index in [9.17, 15) is 0 Å². The van der Waals surface area contributed by atoms with Gasteiger partial charge in [-0.3, -0.25) is 0 Å². The van der Waals surface area contributed by atoms with E-state index < -0.39 is 0 Å². The second-order valence-electron chi connectivity index (χ2n) is 3.89. The molecule has 0 aromatic carbocycles. The zero-order valence-corrected chi connectivity index (χ0v) is 7.68. The van der Waals surface area contributed by atoms with Gasteiger partial charge in [0.25, 0.3) is 0 Å². The molecule has 1 fully saturated rings. The molecule has 0 bridgehead atoms. The van der Waals surface area contributed by atoms with Crippen LogP contribution in [-0.4, -0.2) is 0 Å². The van der Waals surface area contributed by atoms with Crippen LogP contribution in [0.1, 0.15) is 45.4 Å². The van der Waals surface area contributed by atoms with E-state index in [0.29, 0.717) is 0 Å². The molecule has 1 rings (SSSR count). The molecule has 11 heavy (non-hydrogen) atoms. The molecule has 0 heterocycles. The maximum absolute atomic E-state index is 3.76. The lowest BCUT2D eigenvalue weighted by atomic mass is 9.89. The van der Waals surface area contributed by atoms with E-state index in [0.717, 1.165) is 11.8 Å². The highest BCUT2D eigenvalue weighted by molar-refractivity contribution is 4.75. The van der Waals surface area contributed by atoms with E-state index in [4.69, 9.17) is 0 Å². The molecule has 1 unspecified atom stereocenters. The van der Waals surface area contributed by atoms with E-state index in [1.807, 2.05) is 6.08 Å². The normalized spacial score (nSPS) is 21.9. The molecule has 1 aliphatic carbocycles. The summed E-state index contributed by atoms with van der Waals surface area (Å²) in [6, 6.07) is 0. The number of hydrogen-bond donors (Lipinski definition) is 0. The van der Waals surface area contributed by atoms with Crippen molar-refractivity contribution in [3.63, 3.8) is 0 Å². The molecule has 0 aliphatic heterocycles. The summed E-state index contributed by atoms with van der Waals surface area (Å²) in [6.07, 6.45) is 10.5. The lowest BCUT2D eigenvalue weighted by Crippen LogP contribution is -2.06. The van der Waals surface area contributed by atoms with Crippen LogP contribution >= 0.6 is 0 Å². The third-order valence-electron chi connectivity index (χ3n) is 3.03. The summed E-state index contributed by atoms with van der Waals surface area (Å²) in [5, 5.41) is 0. The third kappa shape index (κ3) is 2.69. The van der Waals surface area contributed by atoms with Crippen LogP contribution < -0.4 is 0 Å². The Morgan fingerprint density at radius 3 is 2.64 bits per heavy atom. The highest BCUT2D eigenvalue weighted by Crippen LogP contribution is 2.33. The van der Waals surface area contributed by atoms with Gasteiger partial charge in [0.15, 0.2) is 0 Å². The molecular weight excluding hydrogens is 132 g/mol. The molecule has 1 atom stereocenters. The van der Waals surface area contributed by atoms with Gasteiger partial charge in [-0.2, -0.15) is 0 Å². The Morgan fingerprint density at radius 1 is 1.45 bits per heavy atom. The van der Waals surface area contributed by atoms with Crippen molar-refractivity contribution in [1.82, 2.24) is 0 Å². The molecule has 0 spiro atoms. The summed E-state index contributed by atoms with van der Waals surface area (Å²) in [6.45, 7) is 6.16. The first-order valence-electron chi connectivity index (χ1n) is 4.95. The van der Waals surface area contributed by atoms with Crippen molar-refractivity contribution < 1.29 is 0 Å². The summed E-state index contributed by atoms with van der Waals surface area (Å²) in [5.41, 5.74) is 0. The number of rotatable bonds is 4. The fourth-order valence-electron chi connectivity index (χ4n) is 2.14. The molecule has 0 aromatic heterocycles. The van der Waals surface area contributed by atoms with Gasteiger partial charge in [-0.25, -0.2) is 0 Å². The van der Waals surface area contributed by atoms with Crippen LogP contribution in [0.15, 0.2) is 12.7 Å². The van der Waals surface area contributed by atoms with Gasteiger partial charge in [0.2, 0.25) is 0 Å². The van der Waals surface area contributed by atoms with Gasteiger partial charge in [-0.1, -0.05) is 38.7 Å². The first kappa shape index (κ1) is 8.83. The summed E-state index contributed by atoms with van der Waals surface area (Å²) in [5.74, 6) is 1.98. The summed E-state index contributed by atoms with van der Waals surface area (Å²) in [7, 11) is 0. The Balaban J connectivity index is 2.16. The van der Waals surface area contributed by atoms with Crippen LogP contribution in [-0.2, 0) is 0 Å². The van der Waals surface area contributed by atoms with Gasteiger partial charge in [0.1, 0.15) is 0 Å². The highest BCUT2D eigenvalue weighted by atomic mass is 14.3. The van der Waals surface area contributed by atoms with Crippen molar-refractivity contribution in [2.24, 2.45) is 11.8 Å². The first-order chi connectivity index (χ1) is 5.34. The monoisotopic (exact) mass is 152 g/mol. The van der Waals surface area contributed by atoms with Crippen molar-refractivity contribution in [2.45, 2.75) is 45.4 Å². The van der Waals surface area contributed by atoms with Crippen LogP contribution in [0.4, 0.5) is 0 Å². The van der Waals surface area contributed by atoms with Crippen molar-refractivity contribution >= 4 is 0 Å². The molecule has 0 nitrogen and oxygen atoms in total. The average Bonchev–Trinajstić information content (AvgIpc) is 2.52. The zero-order valence-electron chi connectivity index (χ0n) is 7.68. The molecule has 0 N–H and O–H groups in total. The fourth-order valence-corrected chi connectivity index (χ4v) is 2.14. The zero-order chi connectivity index (χ0) is 8.10. The molecule has 0 amide bonds. The SMILES string of the molecule is C=CCCC(C)C1CCCC1. The molecule has 0 heteroatoms. The van der Waals surface area contributed by atoms with E-state index in [1.54, 1.807) is 0 Å². The van der Waals surface area contributed by atoms with Crippen LogP contribution in [0.25, 0.3) is 0 Å². The molecule has 0 radical (unpaired) electrons. The third-order valence-corrected chi connectivity index (χ3v) is 3.03. The maximum atomic E-state index is 3.76. The second-order valence-corrected chi connectivity index (χ2v) is 3.89. The Bertz CT molecular complexity index is 109. The van der Waals surface area contributed by atoms with Gasteiger partial charge in [0, 0.05) is 0 Å². The van der Waals surface area contributed by atoms with Crippen molar-refractivity contribution in [3.8, 4) is 0 Å². The van der Waals surface area contributed by atoms with E-state index >= 15 is 0 Å². The predicted octanol–water partition coefficient (Wildman–Crippen LogP) is 3.78. The van der Waals surface area contributed by atoms with Crippen LogP contribution in [0.5, 0.6) is 0 Å². The first-order valence-corrected chi connectivity index (χ1v) is 4.95. The van der Waals surface area contributed by atoms with E-state index in [2.05, 4.69) is 13.5 Å². The van der Waals surface area contributed by atoms with Crippen LogP contribution in [0, 0.1) is 11.8 Å². The lowest BCUT2D eigenvalue weighted by molar-refractivity contribution is 0.348. The minimum Gasteiger partial charge on any atom is -0.103 e. The molecule has 0 aromatic rings. The Hall–Kier alpha value is -0.260. The molecule has 1 saturated carbocycles. The van der Waals surface area contributed by atoms with Crippen molar-refractivity contribution in [1.29, 1.82) is 0 Å². The van der Waals surface area contributed by atoms with Gasteiger partial charge in [-0.05, 0) is 24.7 Å². The fraction of sp³-hybridized carbons (Fsp3) is 0.818. The Labute approximate surface area is 70.7 Å². The number of hydrogen-bond acceptors (Lipinski definition) is 0. The largest absolute Gasteiger partial charge is 0.103 e. The lowest BCUT2D eigenvalue weighted by Gasteiger charge is -2.17. The summed E-state index contributed by atoms with van der Waals surface area (Å²) < 4.78 is 0. The topological polar surface area (TPSA) is 0 Å². The van der Waals surface area contributed by atoms with Gasteiger partial charge < -0.3 is 0 Å². The quantitative estimate of drug-likeness (QED) is 0.538. The molecule has 1 aliphatic rings. The van der Waals surface area contributed by atoms with Crippen molar-refractivity contribution in [3.05, 3.63) is 12.7 Å². The second kappa shape index (κ2) is 4.58. The minimum atomic E-state index is 0.940. The Kier molecular flexibility index (Phi) is 3.68. The smallest absolute Gasteiger partial charge is 0.0351 e. The van der Waals surface area contributed by atoms with Gasteiger partial charge >= 0.3 is 0 Å². The van der Waals surface area contributed by atoms with Crippen LogP contribution in [0.2, 0.25) is 0 Å². The van der Waals surface area contributed by atoms with Gasteiger partial charge in [-0.15, -0.1) is 6.58 Å². The predicted molar refractivity (Wildman–Crippen MR) is 50.6 cm³/mol.